The van der Waals surface area contributed by atoms with Gasteiger partial charge in [0.25, 0.3) is 0 Å². The molecule has 0 aromatic carbocycles. The molecule has 1 aliphatic heterocycles. The molecular formula is C13H26N2O. The molecule has 0 aromatic rings. The number of likely N-dealkylation sites (N-methyl/N-ethyl adjacent to an activating group) is 1. The first kappa shape index (κ1) is 12.3. The highest BCUT2D eigenvalue weighted by Crippen LogP contribution is 2.35. The van der Waals surface area contributed by atoms with E-state index in [9.17, 15) is 0 Å². The van der Waals surface area contributed by atoms with Gasteiger partial charge in [0.1, 0.15) is 0 Å². The largest absolute Gasteiger partial charge is 0.377 e. The molecule has 0 bridgehead atoms. The summed E-state index contributed by atoms with van der Waals surface area (Å²) in [6.07, 6.45) is 8.13. The van der Waals surface area contributed by atoms with Crippen LogP contribution in [0.1, 0.15) is 45.4 Å². The molecule has 1 saturated carbocycles. The van der Waals surface area contributed by atoms with Crippen LogP contribution in [0, 0.1) is 0 Å². The number of hydrogen-bond acceptors (Lipinski definition) is 3. The van der Waals surface area contributed by atoms with Gasteiger partial charge in [-0.15, -0.1) is 0 Å². The lowest BCUT2D eigenvalue weighted by Crippen LogP contribution is -2.58. The molecule has 2 unspecified atom stereocenters. The first-order valence-corrected chi connectivity index (χ1v) is 6.74. The maximum absolute atomic E-state index is 6.07. The van der Waals surface area contributed by atoms with Gasteiger partial charge >= 0.3 is 0 Å². The Morgan fingerprint density at radius 3 is 2.50 bits per heavy atom. The Balaban J connectivity index is 2.07. The molecule has 94 valence electrons. The van der Waals surface area contributed by atoms with E-state index >= 15 is 0 Å². The Morgan fingerprint density at radius 2 is 2.00 bits per heavy atom. The lowest BCUT2D eigenvalue weighted by atomic mass is 9.79. The van der Waals surface area contributed by atoms with Gasteiger partial charge in [0, 0.05) is 24.7 Å². The third-order valence-corrected chi connectivity index (χ3v) is 4.75. The fourth-order valence-electron chi connectivity index (χ4n) is 3.49. The summed E-state index contributed by atoms with van der Waals surface area (Å²) in [4.78, 5) is 2.55. The smallest absolute Gasteiger partial charge is 0.0703 e. The summed E-state index contributed by atoms with van der Waals surface area (Å²) in [5.41, 5.74) is 6.32. The molecule has 16 heavy (non-hydrogen) atoms. The average molecular weight is 226 g/mol. The van der Waals surface area contributed by atoms with Crippen molar-refractivity contribution in [3.05, 3.63) is 0 Å². The van der Waals surface area contributed by atoms with Gasteiger partial charge in [-0.25, -0.2) is 0 Å². The van der Waals surface area contributed by atoms with Crippen molar-refractivity contribution in [1.29, 1.82) is 0 Å². The van der Waals surface area contributed by atoms with Crippen molar-refractivity contribution in [2.45, 2.75) is 63.1 Å². The summed E-state index contributed by atoms with van der Waals surface area (Å²) in [6.45, 7) is 3.91. The molecule has 3 heteroatoms. The predicted molar refractivity (Wildman–Crippen MR) is 66.5 cm³/mol. The van der Waals surface area contributed by atoms with Gasteiger partial charge < -0.3 is 10.5 Å². The molecule has 1 saturated heterocycles. The summed E-state index contributed by atoms with van der Waals surface area (Å²) in [5.74, 6) is 0. The second-order valence-corrected chi connectivity index (χ2v) is 5.53. The van der Waals surface area contributed by atoms with Crippen LogP contribution in [-0.2, 0) is 4.74 Å². The molecule has 0 spiro atoms. The van der Waals surface area contributed by atoms with Crippen molar-refractivity contribution in [3.63, 3.8) is 0 Å². The first-order valence-electron chi connectivity index (χ1n) is 6.74. The van der Waals surface area contributed by atoms with Gasteiger partial charge in [0.15, 0.2) is 0 Å². The normalized spacial score (nSPS) is 34.5. The standard InChI is InChI=1S/C13H26N2O/c1-11-12(6-9-16-11)15(2)13(10-14)7-4-3-5-8-13/h11-12H,3-10,14H2,1-2H3. The third kappa shape index (κ3) is 2.13. The molecule has 1 aliphatic carbocycles. The highest BCUT2D eigenvalue weighted by molar-refractivity contribution is 4.97. The minimum atomic E-state index is 0.255. The number of nitrogens with zero attached hydrogens (tertiary/aromatic N) is 1. The highest BCUT2D eigenvalue weighted by atomic mass is 16.5. The molecule has 0 aromatic heterocycles. The van der Waals surface area contributed by atoms with Crippen molar-refractivity contribution in [2.75, 3.05) is 20.2 Å². The van der Waals surface area contributed by atoms with Crippen LogP contribution in [0.15, 0.2) is 0 Å². The molecule has 0 radical (unpaired) electrons. The maximum Gasteiger partial charge on any atom is 0.0703 e. The van der Waals surface area contributed by atoms with Crippen molar-refractivity contribution in [2.24, 2.45) is 5.73 Å². The van der Waals surface area contributed by atoms with Gasteiger partial charge in [0.05, 0.1) is 6.10 Å². The van der Waals surface area contributed by atoms with Crippen molar-refractivity contribution in [1.82, 2.24) is 4.90 Å². The average Bonchev–Trinajstić information content (AvgIpc) is 2.75. The fourth-order valence-corrected chi connectivity index (χ4v) is 3.49. The first-order chi connectivity index (χ1) is 7.69. The molecular weight excluding hydrogens is 200 g/mol. The van der Waals surface area contributed by atoms with Gasteiger partial charge in [0.2, 0.25) is 0 Å². The Hall–Kier alpha value is -0.120. The van der Waals surface area contributed by atoms with E-state index in [0.717, 1.165) is 13.2 Å². The van der Waals surface area contributed by atoms with Crippen LogP contribution in [0.3, 0.4) is 0 Å². The van der Waals surface area contributed by atoms with Crippen LogP contribution >= 0.6 is 0 Å². The lowest BCUT2D eigenvalue weighted by Gasteiger charge is -2.47. The van der Waals surface area contributed by atoms with E-state index in [4.69, 9.17) is 10.5 Å². The van der Waals surface area contributed by atoms with Gasteiger partial charge in [-0.2, -0.15) is 0 Å². The summed E-state index contributed by atoms with van der Waals surface area (Å²) >= 11 is 0. The molecule has 1 heterocycles. The topological polar surface area (TPSA) is 38.5 Å². The Bertz CT molecular complexity index is 226. The molecule has 2 aliphatic rings. The summed E-state index contributed by atoms with van der Waals surface area (Å²) in [5, 5.41) is 0. The SMILES string of the molecule is CC1OCCC1N(C)C1(CN)CCCCC1. The molecule has 0 amide bonds. The second-order valence-electron chi connectivity index (χ2n) is 5.53. The van der Waals surface area contributed by atoms with E-state index in [0.29, 0.717) is 12.1 Å². The van der Waals surface area contributed by atoms with Gasteiger partial charge in [-0.1, -0.05) is 19.3 Å². The van der Waals surface area contributed by atoms with E-state index in [1.54, 1.807) is 0 Å². The van der Waals surface area contributed by atoms with Crippen LogP contribution in [-0.4, -0.2) is 42.8 Å². The van der Waals surface area contributed by atoms with E-state index in [1.165, 1.54) is 38.5 Å². The molecule has 2 rings (SSSR count). The van der Waals surface area contributed by atoms with E-state index in [1.807, 2.05) is 0 Å². The second kappa shape index (κ2) is 5.03. The Morgan fingerprint density at radius 1 is 1.31 bits per heavy atom. The maximum atomic E-state index is 6.07. The Labute approximate surface area is 99.3 Å². The minimum absolute atomic E-state index is 0.255. The minimum Gasteiger partial charge on any atom is -0.377 e. The van der Waals surface area contributed by atoms with Crippen LogP contribution in [0.2, 0.25) is 0 Å². The van der Waals surface area contributed by atoms with Crippen LogP contribution in [0.5, 0.6) is 0 Å². The van der Waals surface area contributed by atoms with E-state index < -0.39 is 0 Å². The monoisotopic (exact) mass is 226 g/mol. The van der Waals surface area contributed by atoms with E-state index in [2.05, 4.69) is 18.9 Å². The zero-order valence-electron chi connectivity index (χ0n) is 10.7. The third-order valence-electron chi connectivity index (χ3n) is 4.75. The van der Waals surface area contributed by atoms with Crippen LogP contribution in [0.25, 0.3) is 0 Å². The number of hydrogen-bond donors (Lipinski definition) is 1. The number of rotatable bonds is 3. The quantitative estimate of drug-likeness (QED) is 0.797. The summed E-state index contributed by atoms with van der Waals surface area (Å²) in [6, 6.07) is 0.571. The van der Waals surface area contributed by atoms with Gasteiger partial charge in [-0.3, -0.25) is 4.90 Å². The Kier molecular flexibility index (Phi) is 3.88. The molecule has 2 atom stereocenters. The van der Waals surface area contributed by atoms with Gasteiger partial charge in [-0.05, 0) is 33.2 Å². The number of nitrogens with two attached hydrogens (primary N) is 1. The summed E-state index contributed by atoms with van der Waals surface area (Å²) in [7, 11) is 2.26. The zero-order valence-corrected chi connectivity index (χ0v) is 10.7. The number of ether oxygens (including phenoxy) is 1. The van der Waals surface area contributed by atoms with E-state index in [-0.39, 0.29) is 5.54 Å². The summed E-state index contributed by atoms with van der Waals surface area (Å²) < 4.78 is 5.68. The van der Waals surface area contributed by atoms with Crippen LogP contribution < -0.4 is 5.73 Å². The zero-order chi connectivity index (χ0) is 11.6. The highest BCUT2D eigenvalue weighted by Gasteiger charge is 2.41. The van der Waals surface area contributed by atoms with Crippen molar-refractivity contribution < 1.29 is 4.74 Å². The molecule has 2 fully saturated rings. The van der Waals surface area contributed by atoms with Crippen molar-refractivity contribution >= 4 is 0 Å². The fraction of sp³-hybridized carbons (Fsp3) is 1.00. The van der Waals surface area contributed by atoms with Crippen molar-refractivity contribution in [3.8, 4) is 0 Å². The molecule has 3 nitrogen and oxygen atoms in total. The van der Waals surface area contributed by atoms with Crippen LogP contribution in [0.4, 0.5) is 0 Å². The molecule has 2 N–H and O–H groups in total. The predicted octanol–water partition coefficient (Wildman–Crippen LogP) is 1.76. The lowest BCUT2D eigenvalue weighted by molar-refractivity contribution is 0.00913.